The number of hydrogen-bond acceptors (Lipinski definition) is 2. The lowest BCUT2D eigenvalue weighted by atomic mass is 9.33. The molecule has 186 valence electrons. The number of carbonyl (C=O) groups is 1. The highest BCUT2D eigenvalue weighted by Crippen LogP contribution is 2.75. The quantitative estimate of drug-likeness (QED) is 0.409. The summed E-state index contributed by atoms with van der Waals surface area (Å²) in [5.41, 5.74) is 0.906. The van der Waals surface area contributed by atoms with E-state index in [9.17, 15) is 15.0 Å². The molecule has 0 aliphatic heterocycles. The van der Waals surface area contributed by atoms with E-state index in [1.165, 1.54) is 18.4 Å². The Hall–Kier alpha value is -0.830. The van der Waals surface area contributed by atoms with Crippen LogP contribution in [0.2, 0.25) is 0 Å². The first kappa shape index (κ1) is 23.9. The molecule has 0 radical (unpaired) electrons. The van der Waals surface area contributed by atoms with Gasteiger partial charge in [-0.1, -0.05) is 60.1 Å². The van der Waals surface area contributed by atoms with Crippen LogP contribution in [0.15, 0.2) is 11.6 Å². The fourth-order valence-electron chi connectivity index (χ4n) is 10.6. The summed E-state index contributed by atoms with van der Waals surface area (Å²) in [6.07, 6.45) is 12.6. The third-order valence-electron chi connectivity index (χ3n) is 12.9. The SMILES string of the molecule is CC1(C)CC[C@]2(C)CC[C@]3(C(=O)O)C(=CCC4[C@@]5(C)CCC(O)C(C)(C)C5CC[C@]43C)C2C1. The number of aliphatic hydroxyl groups excluding tert-OH is 1. The van der Waals surface area contributed by atoms with Crippen LogP contribution in [0.3, 0.4) is 0 Å². The van der Waals surface area contributed by atoms with Crippen molar-refractivity contribution in [2.45, 2.75) is 119 Å². The molecule has 0 aromatic carbocycles. The maximum absolute atomic E-state index is 13.5. The van der Waals surface area contributed by atoms with E-state index in [2.05, 4.69) is 54.5 Å². The minimum atomic E-state index is -0.721. The van der Waals surface area contributed by atoms with E-state index < -0.39 is 11.4 Å². The molecular weight excluding hydrogens is 408 g/mol. The van der Waals surface area contributed by atoms with E-state index in [4.69, 9.17) is 0 Å². The number of allylic oxidation sites excluding steroid dienone is 1. The summed E-state index contributed by atoms with van der Waals surface area (Å²) in [6, 6.07) is 0. The first-order valence-corrected chi connectivity index (χ1v) is 13.8. The molecule has 3 nitrogen and oxygen atoms in total. The van der Waals surface area contributed by atoms with E-state index in [0.717, 1.165) is 51.4 Å². The van der Waals surface area contributed by atoms with Gasteiger partial charge in [0.05, 0.1) is 11.5 Å². The second-order valence-electron chi connectivity index (χ2n) is 15.1. The van der Waals surface area contributed by atoms with Crippen molar-refractivity contribution in [2.24, 2.45) is 50.2 Å². The third-order valence-corrected chi connectivity index (χ3v) is 12.9. The van der Waals surface area contributed by atoms with E-state index in [0.29, 0.717) is 17.8 Å². The van der Waals surface area contributed by atoms with Gasteiger partial charge in [-0.2, -0.15) is 0 Å². The zero-order chi connectivity index (χ0) is 24.2. The molecule has 5 aliphatic carbocycles. The zero-order valence-electron chi connectivity index (χ0n) is 22.3. The van der Waals surface area contributed by atoms with Crippen LogP contribution in [0, 0.1) is 50.2 Å². The molecule has 4 fully saturated rings. The van der Waals surface area contributed by atoms with E-state index in [-0.39, 0.29) is 33.2 Å². The summed E-state index contributed by atoms with van der Waals surface area (Å²) in [4.78, 5) is 13.5. The Morgan fingerprint density at radius 1 is 0.879 bits per heavy atom. The molecular formula is C30H48O3. The van der Waals surface area contributed by atoms with Gasteiger partial charge in [0, 0.05) is 0 Å². The molecule has 33 heavy (non-hydrogen) atoms. The number of fused-ring (bicyclic) bond motifs is 7. The second kappa shape index (κ2) is 6.89. The minimum absolute atomic E-state index is 0.0901. The van der Waals surface area contributed by atoms with Crippen molar-refractivity contribution >= 4 is 5.97 Å². The van der Waals surface area contributed by atoms with Crippen molar-refractivity contribution in [3.05, 3.63) is 11.6 Å². The van der Waals surface area contributed by atoms with Crippen molar-refractivity contribution in [3.63, 3.8) is 0 Å². The van der Waals surface area contributed by atoms with Gasteiger partial charge in [-0.3, -0.25) is 4.79 Å². The molecule has 5 rings (SSSR count). The highest BCUT2D eigenvalue weighted by atomic mass is 16.4. The average molecular weight is 457 g/mol. The number of aliphatic hydroxyl groups is 1. The lowest BCUT2D eigenvalue weighted by molar-refractivity contribution is -0.213. The summed E-state index contributed by atoms with van der Waals surface area (Å²) in [7, 11) is 0. The number of rotatable bonds is 1. The Bertz CT molecular complexity index is 885. The molecule has 8 atom stereocenters. The van der Waals surface area contributed by atoms with E-state index >= 15 is 0 Å². The zero-order valence-corrected chi connectivity index (χ0v) is 22.3. The Morgan fingerprint density at radius 3 is 2.21 bits per heavy atom. The van der Waals surface area contributed by atoms with Crippen LogP contribution in [-0.4, -0.2) is 22.3 Å². The maximum atomic E-state index is 13.5. The molecule has 0 amide bonds. The molecule has 2 N–H and O–H groups in total. The van der Waals surface area contributed by atoms with Gasteiger partial charge in [0.25, 0.3) is 0 Å². The predicted octanol–water partition coefficient (Wildman–Crippen LogP) is 7.23. The molecule has 0 aromatic heterocycles. The number of aliphatic carboxylic acids is 1. The van der Waals surface area contributed by atoms with Crippen LogP contribution in [0.25, 0.3) is 0 Å². The standard InChI is InChI=1S/C30H48O3/c1-25(2)14-15-27(5)16-17-30(24(32)33)19(20(27)18-25)8-9-22-28(6)12-11-23(31)26(3,4)21(28)10-13-29(22,30)7/h8,20-23,31H,9-18H2,1-7H3,(H,32,33)/t20?,21?,22?,23?,27-,28+,29-,30-/m1/s1. The smallest absolute Gasteiger partial charge is 0.314 e. The van der Waals surface area contributed by atoms with Gasteiger partial charge in [0.1, 0.15) is 0 Å². The number of carboxylic acid groups (broad SMARTS) is 1. The van der Waals surface area contributed by atoms with Crippen LogP contribution in [0.4, 0.5) is 0 Å². The fourth-order valence-corrected chi connectivity index (χ4v) is 10.6. The van der Waals surface area contributed by atoms with E-state index in [1.54, 1.807) is 0 Å². The van der Waals surface area contributed by atoms with E-state index in [1.807, 2.05) is 0 Å². The monoisotopic (exact) mass is 456 g/mol. The summed E-state index contributed by atoms with van der Waals surface area (Å²) in [5.74, 6) is 0.675. The summed E-state index contributed by atoms with van der Waals surface area (Å²) in [5, 5.41) is 22.0. The Kier molecular flexibility index (Phi) is 4.99. The molecule has 0 heterocycles. The van der Waals surface area contributed by atoms with Crippen LogP contribution >= 0.6 is 0 Å². The number of carboxylic acids is 1. The average Bonchev–Trinajstić information content (AvgIpc) is 2.71. The highest BCUT2D eigenvalue weighted by molar-refractivity contribution is 5.81. The first-order valence-electron chi connectivity index (χ1n) is 13.8. The molecule has 4 saturated carbocycles. The predicted molar refractivity (Wildman–Crippen MR) is 133 cm³/mol. The highest BCUT2D eigenvalue weighted by Gasteiger charge is 2.71. The van der Waals surface area contributed by atoms with Crippen molar-refractivity contribution in [3.8, 4) is 0 Å². The topological polar surface area (TPSA) is 57.5 Å². The van der Waals surface area contributed by atoms with Gasteiger partial charge in [-0.05, 0) is 109 Å². The molecule has 0 saturated heterocycles. The van der Waals surface area contributed by atoms with Crippen molar-refractivity contribution in [1.82, 2.24) is 0 Å². The molecule has 0 bridgehead atoms. The van der Waals surface area contributed by atoms with Crippen molar-refractivity contribution in [1.29, 1.82) is 0 Å². The lowest BCUT2D eigenvalue weighted by Gasteiger charge is -2.70. The second-order valence-corrected chi connectivity index (χ2v) is 15.1. The normalized spacial score (nSPS) is 52.4. The van der Waals surface area contributed by atoms with Gasteiger partial charge in [-0.25, -0.2) is 0 Å². The van der Waals surface area contributed by atoms with Crippen LogP contribution < -0.4 is 0 Å². The maximum Gasteiger partial charge on any atom is 0.314 e. The van der Waals surface area contributed by atoms with Gasteiger partial charge in [0.15, 0.2) is 0 Å². The van der Waals surface area contributed by atoms with Gasteiger partial charge >= 0.3 is 5.97 Å². The number of hydrogen-bond donors (Lipinski definition) is 2. The molecule has 0 spiro atoms. The largest absolute Gasteiger partial charge is 0.481 e. The van der Waals surface area contributed by atoms with Crippen LogP contribution in [0.1, 0.15) is 113 Å². The van der Waals surface area contributed by atoms with Gasteiger partial charge in [-0.15, -0.1) is 0 Å². The minimum Gasteiger partial charge on any atom is -0.481 e. The summed E-state index contributed by atoms with van der Waals surface area (Å²) in [6.45, 7) is 16.6. The Morgan fingerprint density at radius 2 is 1.55 bits per heavy atom. The van der Waals surface area contributed by atoms with Gasteiger partial charge < -0.3 is 10.2 Å². The van der Waals surface area contributed by atoms with Crippen molar-refractivity contribution < 1.29 is 15.0 Å². The molecule has 0 aromatic rings. The fraction of sp³-hybridized carbons (Fsp3) is 0.900. The lowest BCUT2D eigenvalue weighted by Crippen LogP contribution is -2.66. The van der Waals surface area contributed by atoms with Crippen molar-refractivity contribution in [2.75, 3.05) is 0 Å². The third kappa shape index (κ3) is 2.87. The first-order chi connectivity index (χ1) is 15.1. The molecule has 5 aliphatic rings. The summed E-state index contributed by atoms with van der Waals surface area (Å²) < 4.78 is 0. The van der Waals surface area contributed by atoms with Gasteiger partial charge in [0.2, 0.25) is 0 Å². The Balaban J connectivity index is 1.64. The molecule has 4 unspecified atom stereocenters. The summed E-state index contributed by atoms with van der Waals surface area (Å²) >= 11 is 0. The van der Waals surface area contributed by atoms with Crippen LogP contribution in [-0.2, 0) is 4.79 Å². The Labute approximate surface area is 201 Å². The van der Waals surface area contributed by atoms with Crippen LogP contribution in [0.5, 0.6) is 0 Å². The molecule has 3 heteroatoms.